The maximum Gasteiger partial charge on any atom is 0.270 e. The predicted octanol–water partition coefficient (Wildman–Crippen LogP) is 1.19. The summed E-state index contributed by atoms with van der Waals surface area (Å²) >= 11 is 0. The summed E-state index contributed by atoms with van der Waals surface area (Å²) in [6.07, 6.45) is 0. The van der Waals surface area contributed by atoms with E-state index in [1.165, 1.54) is 12.1 Å². The summed E-state index contributed by atoms with van der Waals surface area (Å²) in [4.78, 5) is 21.8. The molecule has 0 aliphatic heterocycles. The van der Waals surface area contributed by atoms with Gasteiger partial charge in [0.2, 0.25) is 5.95 Å². The number of carbonyl (C=O) groups is 1. The minimum atomic E-state index is -0.748. The molecule has 3 rings (SSSR count). The second-order valence-corrected chi connectivity index (χ2v) is 5.45. The number of nitro benzene ring substituents is 1. The molecule has 0 fully saturated rings. The number of nitro groups is 1. The van der Waals surface area contributed by atoms with Crippen LogP contribution in [0.5, 0.6) is 0 Å². The molecule has 0 saturated carbocycles. The van der Waals surface area contributed by atoms with Gasteiger partial charge in [-0.1, -0.05) is 23.3 Å². The molecule has 0 aliphatic carbocycles. The first-order valence-corrected chi connectivity index (χ1v) is 7.96. The summed E-state index contributed by atoms with van der Waals surface area (Å²) in [7, 11) is 0. The highest BCUT2D eigenvalue weighted by molar-refractivity contribution is 5.99. The number of amides is 1. The van der Waals surface area contributed by atoms with Gasteiger partial charge in [0, 0.05) is 30.9 Å². The summed E-state index contributed by atoms with van der Waals surface area (Å²) in [5.74, 6) is -0.288. The van der Waals surface area contributed by atoms with E-state index in [-0.39, 0.29) is 11.3 Å². The lowest BCUT2D eigenvalue weighted by molar-refractivity contribution is -0.384. The van der Waals surface area contributed by atoms with E-state index in [4.69, 9.17) is 5.73 Å². The van der Waals surface area contributed by atoms with Gasteiger partial charge in [0.05, 0.1) is 16.2 Å². The van der Waals surface area contributed by atoms with Gasteiger partial charge in [0.15, 0.2) is 0 Å². The molecule has 0 bridgehead atoms. The highest BCUT2D eigenvalue weighted by Crippen LogP contribution is 2.21. The number of primary amides is 1. The Bertz CT molecular complexity index is 957. The lowest BCUT2D eigenvalue weighted by atomic mass is 10.1. The van der Waals surface area contributed by atoms with Crippen LogP contribution >= 0.6 is 0 Å². The van der Waals surface area contributed by atoms with Crippen molar-refractivity contribution in [3.05, 3.63) is 64.2 Å². The summed E-state index contributed by atoms with van der Waals surface area (Å²) < 4.78 is 1.56. The van der Waals surface area contributed by atoms with Crippen molar-refractivity contribution in [1.29, 1.82) is 0 Å². The van der Waals surface area contributed by atoms with Gasteiger partial charge in [-0.2, -0.15) is 4.68 Å². The van der Waals surface area contributed by atoms with Gasteiger partial charge in [0.25, 0.3) is 11.6 Å². The summed E-state index contributed by atoms with van der Waals surface area (Å²) in [6, 6.07) is 13.3. The molecule has 0 spiro atoms. The maximum absolute atomic E-state index is 11.5. The largest absolute Gasteiger partial charge is 0.383 e. The van der Waals surface area contributed by atoms with Gasteiger partial charge in [0.1, 0.15) is 0 Å². The molecule has 0 aliphatic rings. The van der Waals surface area contributed by atoms with Crippen molar-refractivity contribution in [3.63, 3.8) is 0 Å². The van der Waals surface area contributed by atoms with Crippen LogP contribution in [0.2, 0.25) is 0 Å². The van der Waals surface area contributed by atoms with Crippen LogP contribution in [-0.4, -0.2) is 44.1 Å². The molecule has 1 aromatic heterocycles. The lowest BCUT2D eigenvalue weighted by Crippen LogP contribution is -2.19. The number of para-hydroxylation sites is 1. The third kappa shape index (κ3) is 4.15. The summed E-state index contributed by atoms with van der Waals surface area (Å²) in [6.45, 7) is 0.835. The topological polar surface area (TPSA) is 154 Å². The Balaban J connectivity index is 1.63. The van der Waals surface area contributed by atoms with Crippen LogP contribution in [0, 0.1) is 10.1 Å². The van der Waals surface area contributed by atoms with Crippen LogP contribution in [0.1, 0.15) is 10.4 Å². The van der Waals surface area contributed by atoms with E-state index in [2.05, 4.69) is 26.2 Å². The number of anilines is 2. The number of tetrazole rings is 1. The van der Waals surface area contributed by atoms with E-state index >= 15 is 0 Å². The fraction of sp³-hybridized carbons (Fsp3) is 0.125. The Morgan fingerprint density at radius 2 is 1.89 bits per heavy atom. The van der Waals surface area contributed by atoms with Crippen molar-refractivity contribution in [2.75, 3.05) is 23.7 Å². The van der Waals surface area contributed by atoms with Gasteiger partial charge in [-0.15, -0.1) is 0 Å². The summed E-state index contributed by atoms with van der Waals surface area (Å²) in [5.41, 5.74) is 6.38. The van der Waals surface area contributed by atoms with Gasteiger partial charge >= 0.3 is 0 Å². The third-order valence-electron chi connectivity index (χ3n) is 3.67. The normalized spacial score (nSPS) is 10.4. The van der Waals surface area contributed by atoms with Crippen LogP contribution in [0.3, 0.4) is 0 Å². The van der Waals surface area contributed by atoms with E-state index in [0.717, 1.165) is 11.8 Å². The van der Waals surface area contributed by atoms with E-state index in [9.17, 15) is 14.9 Å². The molecular formula is C16H16N8O3. The number of hydrogen-bond donors (Lipinski definition) is 3. The van der Waals surface area contributed by atoms with Crippen molar-refractivity contribution >= 4 is 23.2 Å². The first kappa shape index (κ1) is 17.8. The Kier molecular flexibility index (Phi) is 5.21. The number of carbonyl (C=O) groups excluding carboxylic acids is 1. The zero-order chi connectivity index (χ0) is 19.2. The Morgan fingerprint density at radius 1 is 1.15 bits per heavy atom. The first-order valence-electron chi connectivity index (χ1n) is 7.96. The molecule has 1 amide bonds. The van der Waals surface area contributed by atoms with E-state index < -0.39 is 10.8 Å². The van der Waals surface area contributed by atoms with E-state index in [0.29, 0.717) is 24.7 Å². The van der Waals surface area contributed by atoms with Gasteiger partial charge in [-0.05, 0) is 28.6 Å². The molecule has 11 heteroatoms. The van der Waals surface area contributed by atoms with Gasteiger partial charge in [-0.3, -0.25) is 14.9 Å². The predicted molar refractivity (Wildman–Crippen MR) is 97.7 cm³/mol. The van der Waals surface area contributed by atoms with Crippen LogP contribution in [-0.2, 0) is 0 Å². The molecule has 2 aromatic carbocycles. The number of non-ortho nitro benzene ring substituents is 1. The fourth-order valence-corrected chi connectivity index (χ4v) is 2.42. The number of rotatable bonds is 8. The van der Waals surface area contributed by atoms with Gasteiger partial charge in [-0.25, -0.2) is 0 Å². The molecule has 4 N–H and O–H groups in total. The highest BCUT2D eigenvalue weighted by Gasteiger charge is 2.14. The first-order chi connectivity index (χ1) is 13.1. The smallest absolute Gasteiger partial charge is 0.270 e. The number of aromatic nitrogens is 4. The minimum absolute atomic E-state index is 0.0540. The molecule has 11 nitrogen and oxygen atoms in total. The fourth-order valence-electron chi connectivity index (χ4n) is 2.42. The molecule has 1 heterocycles. The van der Waals surface area contributed by atoms with Crippen LogP contribution < -0.4 is 16.4 Å². The van der Waals surface area contributed by atoms with E-state index in [1.807, 2.05) is 30.3 Å². The number of hydrogen-bond acceptors (Lipinski definition) is 8. The average molecular weight is 368 g/mol. The molecule has 3 aromatic rings. The number of nitrogens with zero attached hydrogens (tertiary/aromatic N) is 5. The van der Waals surface area contributed by atoms with Crippen molar-refractivity contribution in [3.8, 4) is 5.69 Å². The quantitative estimate of drug-likeness (QED) is 0.304. The standard InChI is InChI=1S/C16H16N8O3/c17-15(25)13-10-12(24(26)27)6-7-14(13)18-8-9-19-16-20-21-22-23(16)11-4-2-1-3-5-11/h1-7,10,18H,8-9H2,(H2,17,25)(H,19,20,22). The Hall–Kier alpha value is -4.02. The number of benzene rings is 2. The molecule has 0 atom stereocenters. The average Bonchev–Trinajstić information content (AvgIpc) is 3.14. The molecule has 0 radical (unpaired) electrons. The van der Waals surface area contributed by atoms with Crippen molar-refractivity contribution in [1.82, 2.24) is 20.2 Å². The zero-order valence-electron chi connectivity index (χ0n) is 14.1. The van der Waals surface area contributed by atoms with Crippen LogP contribution in [0.25, 0.3) is 5.69 Å². The van der Waals surface area contributed by atoms with E-state index in [1.54, 1.807) is 4.68 Å². The van der Waals surface area contributed by atoms with Crippen molar-refractivity contribution < 1.29 is 9.72 Å². The summed E-state index contributed by atoms with van der Waals surface area (Å²) in [5, 5.41) is 28.4. The molecule has 27 heavy (non-hydrogen) atoms. The van der Waals surface area contributed by atoms with Crippen LogP contribution in [0.15, 0.2) is 48.5 Å². The van der Waals surface area contributed by atoms with Crippen molar-refractivity contribution in [2.24, 2.45) is 5.73 Å². The van der Waals surface area contributed by atoms with Crippen molar-refractivity contribution in [2.45, 2.75) is 0 Å². The Labute approximate surface area is 153 Å². The monoisotopic (exact) mass is 368 g/mol. The SMILES string of the molecule is NC(=O)c1cc([N+](=O)[O-])ccc1NCCNc1nnnn1-c1ccccc1. The zero-order valence-corrected chi connectivity index (χ0v) is 14.1. The number of nitrogens with one attached hydrogen (secondary N) is 2. The van der Waals surface area contributed by atoms with Gasteiger partial charge < -0.3 is 16.4 Å². The van der Waals surface area contributed by atoms with Crippen LogP contribution in [0.4, 0.5) is 17.3 Å². The third-order valence-corrected chi connectivity index (χ3v) is 3.67. The second kappa shape index (κ2) is 7.91. The molecule has 0 saturated heterocycles. The molecule has 138 valence electrons. The molecule has 0 unspecified atom stereocenters. The second-order valence-electron chi connectivity index (χ2n) is 5.45. The lowest BCUT2D eigenvalue weighted by Gasteiger charge is -2.11. The number of nitrogens with two attached hydrogens (primary N) is 1. The minimum Gasteiger partial charge on any atom is -0.383 e. The Morgan fingerprint density at radius 3 is 2.59 bits per heavy atom. The maximum atomic E-state index is 11.5. The highest BCUT2D eigenvalue weighted by atomic mass is 16.6. The molecular weight excluding hydrogens is 352 g/mol.